The second-order valence-electron chi connectivity index (χ2n) is 2.21. The smallest absolute Gasteiger partial charge is 0.123 e. The minimum Gasteiger partial charge on any atom is -0.396 e. The number of hydrogen-bond acceptors (Lipinski definition) is 1. The van der Waals surface area contributed by atoms with Crippen molar-refractivity contribution in [3.8, 4) is 0 Å². The van der Waals surface area contributed by atoms with Crippen molar-refractivity contribution >= 4 is 11.6 Å². The lowest BCUT2D eigenvalue weighted by Gasteiger charge is -2.00. The molecule has 0 aliphatic heterocycles. The maximum absolute atomic E-state index is 12.5. The molecule has 1 N–H and O–H groups in total. The van der Waals surface area contributed by atoms with E-state index in [4.69, 9.17) is 16.7 Å². The van der Waals surface area contributed by atoms with Crippen LogP contribution >= 0.6 is 11.6 Å². The molecule has 0 fully saturated rings. The first-order chi connectivity index (χ1) is 5.24. The molecule has 0 aliphatic carbocycles. The fourth-order valence-corrected chi connectivity index (χ4v) is 1.07. The molecule has 0 aromatic heterocycles. The average Bonchev–Trinajstić information content (AvgIpc) is 1.98. The Kier molecular flexibility index (Phi) is 2.85. The van der Waals surface area contributed by atoms with Crippen molar-refractivity contribution < 1.29 is 9.50 Å². The van der Waals surface area contributed by atoms with E-state index in [0.29, 0.717) is 17.0 Å². The Hall–Kier alpha value is -0.600. The van der Waals surface area contributed by atoms with Crippen molar-refractivity contribution in [2.24, 2.45) is 0 Å². The predicted molar refractivity (Wildman–Crippen MR) is 42.2 cm³/mol. The van der Waals surface area contributed by atoms with Crippen LogP contribution in [0, 0.1) is 5.82 Å². The zero-order chi connectivity index (χ0) is 8.27. The molecule has 60 valence electrons. The molecule has 1 rings (SSSR count). The van der Waals surface area contributed by atoms with Crippen molar-refractivity contribution in [2.75, 3.05) is 6.61 Å². The van der Waals surface area contributed by atoms with E-state index in [0.717, 1.165) is 0 Å². The summed E-state index contributed by atoms with van der Waals surface area (Å²) in [7, 11) is 0. The second-order valence-corrected chi connectivity index (χ2v) is 2.62. The van der Waals surface area contributed by atoms with Gasteiger partial charge in [-0.05, 0) is 30.2 Å². The SMILES string of the molecule is OCCc1cc(F)ccc1Cl. The van der Waals surface area contributed by atoms with Crippen LogP contribution in [0.4, 0.5) is 4.39 Å². The number of halogens is 2. The third kappa shape index (κ3) is 2.17. The Morgan fingerprint density at radius 3 is 2.82 bits per heavy atom. The fraction of sp³-hybridized carbons (Fsp3) is 0.250. The van der Waals surface area contributed by atoms with Gasteiger partial charge in [-0.15, -0.1) is 0 Å². The van der Waals surface area contributed by atoms with E-state index in [1.165, 1.54) is 18.2 Å². The van der Waals surface area contributed by atoms with Gasteiger partial charge < -0.3 is 5.11 Å². The highest BCUT2D eigenvalue weighted by atomic mass is 35.5. The van der Waals surface area contributed by atoms with Crippen LogP contribution < -0.4 is 0 Å². The number of hydrogen-bond donors (Lipinski definition) is 1. The highest BCUT2D eigenvalue weighted by Gasteiger charge is 2.00. The molecular weight excluding hydrogens is 167 g/mol. The van der Waals surface area contributed by atoms with Gasteiger partial charge >= 0.3 is 0 Å². The van der Waals surface area contributed by atoms with Crippen molar-refractivity contribution in [1.82, 2.24) is 0 Å². The quantitative estimate of drug-likeness (QED) is 0.728. The number of benzene rings is 1. The van der Waals surface area contributed by atoms with Gasteiger partial charge in [0.2, 0.25) is 0 Å². The standard InChI is InChI=1S/C8H8ClFO/c9-8-2-1-7(10)5-6(8)3-4-11/h1-2,5,11H,3-4H2. The molecule has 0 saturated heterocycles. The Morgan fingerprint density at radius 2 is 2.18 bits per heavy atom. The Balaban J connectivity index is 2.93. The van der Waals surface area contributed by atoms with Gasteiger partial charge in [0.15, 0.2) is 0 Å². The monoisotopic (exact) mass is 174 g/mol. The van der Waals surface area contributed by atoms with E-state index >= 15 is 0 Å². The molecule has 0 unspecified atom stereocenters. The highest BCUT2D eigenvalue weighted by Crippen LogP contribution is 2.16. The van der Waals surface area contributed by atoms with Gasteiger partial charge in [-0.2, -0.15) is 0 Å². The molecule has 1 nitrogen and oxygen atoms in total. The zero-order valence-corrected chi connectivity index (χ0v) is 6.61. The van der Waals surface area contributed by atoms with E-state index in [2.05, 4.69) is 0 Å². The second kappa shape index (κ2) is 3.69. The first-order valence-corrected chi connectivity index (χ1v) is 3.66. The summed E-state index contributed by atoms with van der Waals surface area (Å²) in [6, 6.07) is 4.11. The molecule has 0 saturated carbocycles. The largest absolute Gasteiger partial charge is 0.396 e. The van der Waals surface area contributed by atoms with Crippen LogP contribution in [0.15, 0.2) is 18.2 Å². The molecule has 0 bridgehead atoms. The average molecular weight is 175 g/mol. The summed E-state index contributed by atoms with van der Waals surface area (Å²) in [6.45, 7) is -0.0107. The number of rotatable bonds is 2. The Labute approximate surface area is 69.4 Å². The summed E-state index contributed by atoms with van der Waals surface area (Å²) in [5.74, 6) is -0.321. The van der Waals surface area contributed by atoms with Crippen molar-refractivity contribution in [1.29, 1.82) is 0 Å². The fourth-order valence-electron chi connectivity index (χ4n) is 0.855. The Morgan fingerprint density at radius 1 is 1.45 bits per heavy atom. The zero-order valence-electron chi connectivity index (χ0n) is 5.85. The van der Waals surface area contributed by atoms with Gasteiger partial charge in [-0.25, -0.2) is 4.39 Å². The summed E-state index contributed by atoms with van der Waals surface area (Å²) in [4.78, 5) is 0. The van der Waals surface area contributed by atoms with Gasteiger partial charge in [-0.3, -0.25) is 0 Å². The maximum Gasteiger partial charge on any atom is 0.123 e. The topological polar surface area (TPSA) is 20.2 Å². The molecule has 0 amide bonds. The predicted octanol–water partition coefficient (Wildman–Crippen LogP) is 2.01. The summed E-state index contributed by atoms with van der Waals surface area (Å²) < 4.78 is 12.5. The van der Waals surface area contributed by atoms with Gasteiger partial charge in [0, 0.05) is 11.6 Å². The van der Waals surface area contributed by atoms with Crippen molar-refractivity contribution in [3.05, 3.63) is 34.6 Å². The van der Waals surface area contributed by atoms with Gasteiger partial charge in [0.1, 0.15) is 5.82 Å². The lowest BCUT2D eigenvalue weighted by molar-refractivity contribution is 0.299. The summed E-state index contributed by atoms with van der Waals surface area (Å²) in [5.41, 5.74) is 0.647. The molecule has 1 aromatic rings. The summed E-state index contributed by atoms with van der Waals surface area (Å²) in [6.07, 6.45) is 0.399. The Bertz CT molecular complexity index is 250. The third-order valence-electron chi connectivity index (χ3n) is 1.39. The normalized spacial score (nSPS) is 10.1. The number of aliphatic hydroxyl groups excluding tert-OH is 1. The first kappa shape index (κ1) is 8.50. The van der Waals surface area contributed by atoms with Crippen LogP contribution in [0.25, 0.3) is 0 Å². The van der Waals surface area contributed by atoms with E-state index in [1.54, 1.807) is 0 Å². The molecule has 1 aromatic carbocycles. The lowest BCUT2D eigenvalue weighted by Crippen LogP contribution is -1.92. The van der Waals surface area contributed by atoms with Crippen LogP contribution in [0.1, 0.15) is 5.56 Å². The number of aliphatic hydroxyl groups is 1. The molecule has 0 heterocycles. The van der Waals surface area contributed by atoms with Crippen molar-refractivity contribution in [3.63, 3.8) is 0 Å². The third-order valence-corrected chi connectivity index (χ3v) is 1.76. The minimum atomic E-state index is -0.321. The molecule has 0 atom stereocenters. The maximum atomic E-state index is 12.5. The van der Waals surface area contributed by atoms with E-state index in [-0.39, 0.29) is 12.4 Å². The highest BCUT2D eigenvalue weighted by molar-refractivity contribution is 6.31. The van der Waals surface area contributed by atoms with E-state index in [1.807, 2.05) is 0 Å². The van der Waals surface area contributed by atoms with Crippen LogP contribution in [0.2, 0.25) is 5.02 Å². The summed E-state index contributed by atoms with van der Waals surface area (Å²) in [5, 5.41) is 9.05. The molecule has 11 heavy (non-hydrogen) atoms. The van der Waals surface area contributed by atoms with Crippen LogP contribution in [0.5, 0.6) is 0 Å². The lowest BCUT2D eigenvalue weighted by atomic mass is 10.1. The summed E-state index contributed by atoms with van der Waals surface area (Å²) >= 11 is 5.70. The van der Waals surface area contributed by atoms with Crippen LogP contribution in [-0.4, -0.2) is 11.7 Å². The molecule has 0 radical (unpaired) electrons. The van der Waals surface area contributed by atoms with E-state index < -0.39 is 0 Å². The molecular formula is C8H8ClFO. The molecule has 0 spiro atoms. The van der Waals surface area contributed by atoms with Gasteiger partial charge in [0.25, 0.3) is 0 Å². The van der Waals surface area contributed by atoms with Crippen LogP contribution in [-0.2, 0) is 6.42 Å². The molecule has 3 heteroatoms. The first-order valence-electron chi connectivity index (χ1n) is 3.29. The van der Waals surface area contributed by atoms with Gasteiger partial charge in [0.05, 0.1) is 0 Å². The van der Waals surface area contributed by atoms with Gasteiger partial charge in [-0.1, -0.05) is 11.6 Å². The van der Waals surface area contributed by atoms with Crippen molar-refractivity contribution in [2.45, 2.75) is 6.42 Å². The minimum absolute atomic E-state index is 0.0107. The van der Waals surface area contributed by atoms with Crippen LogP contribution in [0.3, 0.4) is 0 Å². The van der Waals surface area contributed by atoms with E-state index in [9.17, 15) is 4.39 Å². The molecule has 0 aliphatic rings.